The van der Waals surface area contributed by atoms with Crippen molar-refractivity contribution >= 4 is 27.8 Å². The van der Waals surface area contributed by atoms with E-state index in [1.165, 1.54) is 19.1 Å². The average molecular weight is 490 g/mol. The summed E-state index contributed by atoms with van der Waals surface area (Å²) in [5, 5.41) is 26.4. The Hall–Kier alpha value is -3.48. The average Bonchev–Trinajstić information content (AvgIpc) is 3.20. The predicted molar refractivity (Wildman–Crippen MR) is 127 cm³/mol. The van der Waals surface area contributed by atoms with Gasteiger partial charge >= 0.3 is 16.2 Å². The van der Waals surface area contributed by atoms with Gasteiger partial charge in [-0.15, -0.1) is 0 Å². The second kappa shape index (κ2) is 10.2. The first-order chi connectivity index (χ1) is 16.1. The number of nitrogens with zero attached hydrogens (tertiary/aromatic N) is 4. The molecule has 1 atom stereocenters. The van der Waals surface area contributed by atoms with Crippen molar-refractivity contribution in [2.45, 2.75) is 12.5 Å². The molecular weight excluding hydrogens is 462 g/mol. The molecule has 2 aromatic rings. The molecule has 34 heavy (non-hydrogen) atoms. The fourth-order valence-electron chi connectivity index (χ4n) is 3.32. The van der Waals surface area contributed by atoms with Crippen LogP contribution in [0.5, 0.6) is 5.75 Å². The molecule has 0 fully saturated rings. The number of hydrazone groups is 1. The van der Waals surface area contributed by atoms with E-state index in [4.69, 9.17) is 9.84 Å². The molecule has 3 rings (SSSR count). The molecule has 1 heterocycles. The first-order valence-electron chi connectivity index (χ1n) is 10.4. The highest BCUT2D eigenvalue weighted by Crippen LogP contribution is 2.33. The molecule has 0 bridgehead atoms. The first-order valence-corrected chi connectivity index (χ1v) is 11.8. The number of aliphatic carboxylic acids is 1. The van der Waals surface area contributed by atoms with Gasteiger partial charge in [0.05, 0.1) is 6.54 Å². The largest absolute Gasteiger partial charge is 0.482 e. The van der Waals surface area contributed by atoms with Gasteiger partial charge in [-0.05, 0) is 29.8 Å². The number of carbonyl (C=O) groups is 1. The summed E-state index contributed by atoms with van der Waals surface area (Å²) in [7, 11) is -1.01. The molecule has 0 aromatic heterocycles. The third kappa shape index (κ3) is 5.35. The lowest BCUT2D eigenvalue weighted by Crippen LogP contribution is -2.48. The minimum absolute atomic E-state index is 0.0499. The topological polar surface area (TPSA) is 144 Å². The number of ether oxygens (including phenoxy) is 1. The summed E-state index contributed by atoms with van der Waals surface area (Å²) in [5.74, 6) is -0.803. The zero-order chi connectivity index (χ0) is 24.9. The van der Waals surface area contributed by atoms with Crippen molar-refractivity contribution in [2.24, 2.45) is 10.1 Å². The van der Waals surface area contributed by atoms with Crippen LogP contribution in [0.2, 0.25) is 0 Å². The van der Waals surface area contributed by atoms with E-state index in [9.17, 15) is 18.3 Å². The number of carboxylic acid groups (broad SMARTS) is 1. The van der Waals surface area contributed by atoms with Gasteiger partial charge in [0.1, 0.15) is 11.5 Å². The zero-order valence-corrected chi connectivity index (χ0v) is 19.9. The molecule has 0 amide bonds. The summed E-state index contributed by atoms with van der Waals surface area (Å²) in [5.41, 5.74) is -0.206. The van der Waals surface area contributed by atoms with Gasteiger partial charge in [-0.1, -0.05) is 37.3 Å². The van der Waals surface area contributed by atoms with Crippen LogP contribution in [0.15, 0.2) is 64.7 Å². The second-order valence-corrected chi connectivity index (χ2v) is 9.29. The van der Waals surface area contributed by atoms with E-state index in [2.05, 4.69) is 14.8 Å². The number of aliphatic hydroxyl groups is 1. The lowest BCUT2D eigenvalue weighted by molar-refractivity contribution is -0.139. The number of carboxylic acids is 1. The molecular formula is C22H27N5O6S. The third-order valence-electron chi connectivity index (χ3n) is 5.26. The maximum atomic E-state index is 12.6. The molecule has 0 radical (unpaired) electrons. The Morgan fingerprint density at radius 3 is 2.44 bits per heavy atom. The van der Waals surface area contributed by atoms with Gasteiger partial charge in [0.2, 0.25) is 5.96 Å². The van der Waals surface area contributed by atoms with Gasteiger partial charge in [-0.3, -0.25) is 4.99 Å². The lowest BCUT2D eigenvalue weighted by Gasteiger charge is -2.27. The Balaban J connectivity index is 1.99. The second-order valence-electron chi connectivity index (χ2n) is 7.51. The van der Waals surface area contributed by atoms with Crippen molar-refractivity contribution in [3.63, 3.8) is 0 Å². The highest BCUT2D eigenvalue weighted by Gasteiger charge is 2.45. The van der Waals surface area contributed by atoms with E-state index < -0.39 is 28.4 Å². The fraction of sp³-hybridized carbons (Fsp3) is 0.318. The van der Waals surface area contributed by atoms with Crippen LogP contribution in [0.1, 0.15) is 18.1 Å². The van der Waals surface area contributed by atoms with Crippen LogP contribution >= 0.6 is 0 Å². The van der Waals surface area contributed by atoms with Crippen molar-refractivity contribution in [1.29, 1.82) is 0 Å². The van der Waals surface area contributed by atoms with Crippen LogP contribution in [0.4, 0.5) is 0 Å². The van der Waals surface area contributed by atoms with Gasteiger partial charge in [-0.2, -0.15) is 17.8 Å². The van der Waals surface area contributed by atoms with Gasteiger partial charge in [0.25, 0.3) is 0 Å². The molecule has 0 saturated carbocycles. The van der Waals surface area contributed by atoms with Crippen LogP contribution in [0.25, 0.3) is 0 Å². The van der Waals surface area contributed by atoms with Gasteiger partial charge in [0.15, 0.2) is 12.2 Å². The molecule has 1 aliphatic rings. The highest BCUT2D eigenvalue weighted by molar-refractivity contribution is 7.87. The Morgan fingerprint density at radius 2 is 1.88 bits per heavy atom. The van der Waals surface area contributed by atoms with E-state index in [0.717, 1.165) is 4.31 Å². The molecule has 3 N–H and O–H groups in total. The number of aliphatic imine (C=N–C) groups is 1. The minimum Gasteiger partial charge on any atom is -0.482 e. The molecule has 182 valence electrons. The number of hydrogen-bond acceptors (Lipinski definition) is 7. The monoisotopic (exact) mass is 489 g/mol. The maximum Gasteiger partial charge on any atom is 0.341 e. The molecule has 1 unspecified atom stereocenters. The molecule has 11 nitrogen and oxygen atoms in total. The normalized spacial score (nSPS) is 18.7. The van der Waals surface area contributed by atoms with Crippen LogP contribution in [0, 0.1) is 0 Å². The fourth-order valence-corrected chi connectivity index (χ4v) is 4.25. The van der Waals surface area contributed by atoms with E-state index in [-0.39, 0.29) is 24.8 Å². The van der Waals surface area contributed by atoms with Crippen molar-refractivity contribution < 1.29 is 28.2 Å². The number of β-amino-alcohol motifs (C(OH)–C–C–N with tert-alkyl or cyclic N) is 1. The summed E-state index contributed by atoms with van der Waals surface area (Å²) in [6.45, 7) is 1.39. The summed E-state index contributed by atoms with van der Waals surface area (Å²) >= 11 is 0. The SMILES string of the molecule is CCN(C)S(=O)(=O)NC(=NC)N1CC(O)(c2ccccc2)C(c2ccc(OCC(=O)O)cc2)=N1. The standard InChI is InChI=1S/C22H27N5O6S/c1-4-26(3)34(31,32)25-21(23-2)27-15-22(30,17-8-6-5-7-9-17)20(24-27)16-10-12-18(13-11-16)33-14-19(28)29/h5-13,30H,4,14-15H2,1-3H3,(H,23,25)(H,28,29). The van der Waals surface area contributed by atoms with E-state index >= 15 is 0 Å². The Labute approximate surface area is 198 Å². The van der Waals surface area contributed by atoms with Crippen molar-refractivity contribution in [3.8, 4) is 5.75 Å². The number of hydrogen-bond donors (Lipinski definition) is 3. The van der Waals surface area contributed by atoms with Crippen LogP contribution in [0.3, 0.4) is 0 Å². The summed E-state index contributed by atoms with van der Waals surface area (Å²) in [4.78, 5) is 14.8. The molecule has 0 spiro atoms. The van der Waals surface area contributed by atoms with Gasteiger partial charge < -0.3 is 14.9 Å². The molecule has 0 saturated heterocycles. The Kier molecular flexibility index (Phi) is 7.54. The molecule has 12 heteroatoms. The van der Waals surface area contributed by atoms with E-state index in [0.29, 0.717) is 16.9 Å². The minimum atomic E-state index is -3.87. The highest BCUT2D eigenvalue weighted by atomic mass is 32.2. The molecule has 1 aliphatic heterocycles. The molecule has 0 aliphatic carbocycles. The lowest BCUT2D eigenvalue weighted by atomic mass is 9.86. The van der Waals surface area contributed by atoms with E-state index in [1.54, 1.807) is 55.5 Å². The summed E-state index contributed by atoms with van der Waals surface area (Å²) in [6.07, 6.45) is 0. The maximum absolute atomic E-state index is 12.6. The predicted octanol–water partition coefficient (Wildman–Crippen LogP) is 0.829. The Morgan fingerprint density at radius 1 is 1.24 bits per heavy atom. The number of benzene rings is 2. The number of guanidine groups is 1. The van der Waals surface area contributed by atoms with Crippen LogP contribution < -0.4 is 9.46 Å². The molecule has 2 aromatic carbocycles. The van der Waals surface area contributed by atoms with Gasteiger partial charge in [-0.25, -0.2) is 14.5 Å². The van der Waals surface area contributed by atoms with Crippen molar-refractivity contribution in [1.82, 2.24) is 14.0 Å². The van der Waals surface area contributed by atoms with Crippen molar-refractivity contribution in [3.05, 3.63) is 65.7 Å². The quantitative estimate of drug-likeness (QED) is 0.368. The number of rotatable bonds is 8. The van der Waals surface area contributed by atoms with Crippen molar-refractivity contribution in [2.75, 3.05) is 33.8 Å². The van der Waals surface area contributed by atoms with Crippen LogP contribution in [-0.4, -0.2) is 79.4 Å². The summed E-state index contributed by atoms with van der Waals surface area (Å²) < 4.78 is 33.8. The zero-order valence-electron chi connectivity index (χ0n) is 19.0. The van der Waals surface area contributed by atoms with Crippen LogP contribution in [-0.2, 0) is 20.6 Å². The Bertz CT molecular complexity index is 1180. The first kappa shape index (κ1) is 25.1. The van der Waals surface area contributed by atoms with Gasteiger partial charge in [0, 0.05) is 26.2 Å². The summed E-state index contributed by atoms with van der Waals surface area (Å²) in [6, 6.07) is 15.3. The smallest absolute Gasteiger partial charge is 0.341 e. The third-order valence-corrected chi connectivity index (χ3v) is 6.78. The van der Waals surface area contributed by atoms with E-state index in [1.807, 2.05) is 6.07 Å². The number of nitrogens with one attached hydrogen (secondary N) is 1.